The lowest BCUT2D eigenvalue weighted by atomic mass is 10.1. The van der Waals surface area contributed by atoms with Gasteiger partial charge >= 0.3 is 0 Å². The second kappa shape index (κ2) is 7.17. The first-order chi connectivity index (χ1) is 9.59. The zero-order valence-electron chi connectivity index (χ0n) is 12.5. The van der Waals surface area contributed by atoms with E-state index in [-0.39, 0.29) is 12.1 Å². The van der Waals surface area contributed by atoms with Crippen LogP contribution in [0.5, 0.6) is 0 Å². The molecule has 0 aromatic rings. The molecule has 2 aliphatic heterocycles. The van der Waals surface area contributed by atoms with Crippen molar-refractivity contribution in [1.29, 1.82) is 0 Å². The maximum Gasteiger partial charge on any atom is 0.282 e. The van der Waals surface area contributed by atoms with Gasteiger partial charge in [0.15, 0.2) is 0 Å². The largest absolute Gasteiger partial charge is 0.380 e. The van der Waals surface area contributed by atoms with E-state index in [1.165, 1.54) is 0 Å². The van der Waals surface area contributed by atoms with Gasteiger partial charge in [-0.25, -0.2) is 0 Å². The predicted octanol–water partition coefficient (Wildman–Crippen LogP) is 0.416. The summed E-state index contributed by atoms with van der Waals surface area (Å²) in [6.45, 7) is 2.47. The number of hydrogen-bond donors (Lipinski definition) is 1. The second-order valence-corrected chi connectivity index (χ2v) is 7.56. The quantitative estimate of drug-likeness (QED) is 0.799. The molecule has 2 heterocycles. The highest BCUT2D eigenvalue weighted by Crippen LogP contribution is 2.25. The topological polar surface area (TPSA) is 61.9 Å². The van der Waals surface area contributed by atoms with Crippen molar-refractivity contribution in [2.75, 3.05) is 40.3 Å². The number of piperidine rings is 2. The minimum Gasteiger partial charge on any atom is -0.380 e. The molecule has 0 aromatic heterocycles. The Hall–Kier alpha value is -0.210. The molecule has 1 N–H and O–H groups in total. The Bertz CT molecular complexity index is 400. The monoisotopic (exact) mass is 305 g/mol. The first kappa shape index (κ1) is 16.2. The summed E-state index contributed by atoms with van der Waals surface area (Å²) in [5.41, 5.74) is 0. The van der Waals surface area contributed by atoms with Crippen molar-refractivity contribution >= 4 is 10.2 Å². The summed E-state index contributed by atoms with van der Waals surface area (Å²) < 4.78 is 34.4. The number of nitrogens with one attached hydrogen (secondary N) is 1. The van der Waals surface area contributed by atoms with Crippen LogP contribution in [0.25, 0.3) is 0 Å². The van der Waals surface area contributed by atoms with Crippen LogP contribution in [0.2, 0.25) is 0 Å². The Balaban J connectivity index is 2.10. The van der Waals surface area contributed by atoms with Crippen molar-refractivity contribution < 1.29 is 13.2 Å². The van der Waals surface area contributed by atoms with Gasteiger partial charge in [-0.3, -0.25) is 0 Å². The van der Waals surface area contributed by atoms with Gasteiger partial charge in [0.25, 0.3) is 10.2 Å². The summed E-state index contributed by atoms with van der Waals surface area (Å²) in [7, 11) is 0.182. The average Bonchev–Trinajstić information content (AvgIpc) is 2.48. The summed E-state index contributed by atoms with van der Waals surface area (Å²) in [6, 6.07) is 0.0849. The number of ether oxygens (including phenoxy) is 1. The summed E-state index contributed by atoms with van der Waals surface area (Å²) in [6.07, 6.45) is 4.87. The van der Waals surface area contributed by atoms with Gasteiger partial charge < -0.3 is 10.1 Å². The minimum absolute atomic E-state index is 0.0334. The van der Waals surface area contributed by atoms with Crippen LogP contribution in [0.4, 0.5) is 0 Å². The maximum atomic E-state index is 12.9. The van der Waals surface area contributed by atoms with E-state index >= 15 is 0 Å². The van der Waals surface area contributed by atoms with Crippen LogP contribution in [-0.4, -0.2) is 69.5 Å². The van der Waals surface area contributed by atoms with E-state index in [1.54, 1.807) is 15.7 Å². The SMILES string of the molecule is CNCC1CCCCN1S(=O)(=O)N1CCCC(OC)C1. The summed E-state index contributed by atoms with van der Waals surface area (Å²) in [5, 5.41) is 3.11. The predicted molar refractivity (Wildman–Crippen MR) is 78.8 cm³/mol. The molecule has 2 unspecified atom stereocenters. The van der Waals surface area contributed by atoms with Crippen molar-refractivity contribution in [3.8, 4) is 0 Å². The number of likely N-dealkylation sites (N-methyl/N-ethyl adjacent to an activating group) is 1. The Morgan fingerprint density at radius 3 is 2.70 bits per heavy atom. The van der Waals surface area contributed by atoms with E-state index in [4.69, 9.17) is 4.74 Å². The third-order valence-electron chi connectivity index (χ3n) is 4.31. The molecule has 2 saturated heterocycles. The molecule has 2 atom stereocenters. The van der Waals surface area contributed by atoms with Crippen LogP contribution in [0, 0.1) is 0 Å². The van der Waals surface area contributed by atoms with Gasteiger partial charge in [-0.1, -0.05) is 6.42 Å². The summed E-state index contributed by atoms with van der Waals surface area (Å²) >= 11 is 0. The first-order valence-electron chi connectivity index (χ1n) is 7.54. The molecule has 118 valence electrons. The zero-order valence-corrected chi connectivity index (χ0v) is 13.4. The molecule has 0 aliphatic carbocycles. The van der Waals surface area contributed by atoms with Crippen molar-refractivity contribution in [1.82, 2.24) is 13.9 Å². The van der Waals surface area contributed by atoms with E-state index < -0.39 is 10.2 Å². The summed E-state index contributed by atoms with van der Waals surface area (Å²) in [4.78, 5) is 0. The number of nitrogens with zero attached hydrogens (tertiary/aromatic N) is 2. The molecule has 7 heteroatoms. The molecule has 6 nitrogen and oxygen atoms in total. The second-order valence-electron chi connectivity index (χ2n) is 5.68. The van der Waals surface area contributed by atoms with Gasteiger partial charge in [0.2, 0.25) is 0 Å². The Labute approximate surface area is 122 Å². The molecule has 2 rings (SSSR count). The zero-order chi connectivity index (χ0) is 14.6. The fourth-order valence-electron chi connectivity index (χ4n) is 3.17. The average molecular weight is 305 g/mol. The molecule has 0 spiro atoms. The number of methoxy groups -OCH3 is 1. The lowest BCUT2D eigenvalue weighted by Crippen LogP contribution is -2.55. The van der Waals surface area contributed by atoms with Crippen LogP contribution in [0.3, 0.4) is 0 Å². The molecule has 2 fully saturated rings. The molecular weight excluding hydrogens is 278 g/mol. The maximum absolute atomic E-state index is 12.9. The van der Waals surface area contributed by atoms with Crippen molar-refractivity contribution in [3.63, 3.8) is 0 Å². The Kier molecular flexibility index (Phi) is 5.80. The van der Waals surface area contributed by atoms with Gasteiger partial charge in [-0.15, -0.1) is 0 Å². The Morgan fingerprint density at radius 1 is 1.20 bits per heavy atom. The highest BCUT2D eigenvalue weighted by Gasteiger charge is 2.38. The van der Waals surface area contributed by atoms with Crippen LogP contribution in [0.15, 0.2) is 0 Å². The number of hydrogen-bond acceptors (Lipinski definition) is 4. The fraction of sp³-hybridized carbons (Fsp3) is 1.00. The molecule has 20 heavy (non-hydrogen) atoms. The van der Waals surface area contributed by atoms with Gasteiger partial charge in [-0.2, -0.15) is 17.0 Å². The first-order valence-corrected chi connectivity index (χ1v) is 8.93. The standard InChI is InChI=1S/C13H27N3O3S/c1-14-10-12-6-3-4-9-16(12)20(17,18)15-8-5-7-13(11-15)19-2/h12-14H,3-11H2,1-2H3. The molecule has 0 saturated carbocycles. The minimum atomic E-state index is -3.35. The van der Waals surface area contributed by atoms with E-state index in [0.717, 1.165) is 38.6 Å². The third kappa shape index (κ3) is 3.51. The van der Waals surface area contributed by atoms with Gasteiger partial charge in [-0.05, 0) is 32.7 Å². The summed E-state index contributed by atoms with van der Waals surface area (Å²) in [5.74, 6) is 0. The van der Waals surface area contributed by atoms with Crippen LogP contribution >= 0.6 is 0 Å². The van der Waals surface area contributed by atoms with Crippen LogP contribution < -0.4 is 5.32 Å². The van der Waals surface area contributed by atoms with Crippen molar-refractivity contribution in [3.05, 3.63) is 0 Å². The lowest BCUT2D eigenvalue weighted by Gasteiger charge is -2.40. The van der Waals surface area contributed by atoms with Crippen LogP contribution in [0.1, 0.15) is 32.1 Å². The molecule has 0 bridgehead atoms. The molecular formula is C13H27N3O3S. The van der Waals surface area contributed by atoms with E-state index in [2.05, 4.69) is 5.32 Å². The highest BCUT2D eigenvalue weighted by molar-refractivity contribution is 7.86. The van der Waals surface area contributed by atoms with Gasteiger partial charge in [0.1, 0.15) is 0 Å². The lowest BCUT2D eigenvalue weighted by molar-refractivity contribution is 0.0541. The molecule has 2 aliphatic rings. The van der Waals surface area contributed by atoms with E-state index in [9.17, 15) is 8.42 Å². The molecule has 0 amide bonds. The third-order valence-corrected chi connectivity index (χ3v) is 6.37. The Morgan fingerprint density at radius 2 is 2.00 bits per heavy atom. The fourth-order valence-corrected chi connectivity index (χ4v) is 5.10. The van der Waals surface area contributed by atoms with Crippen molar-refractivity contribution in [2.24, 2.45) is 0 Å². The van der Waals surface area contributed by atoms with Crippen molar-refractivity contribution in [2.45, 2.75) is 44.2 Å². The smallest absolute Gasteiger partial charge is 0.282 e. The highest BCUT2D eigenvalue weighted by atomic mass is 32.2. The van der Waals surface area contributed by atoms with Gasteiger partial charge in [0, 0.05) is 39.3 Å². The number of rotatable bonds is 5. The van der Waals surface area contributed by atoms with Crippen LogP contribution in [-0.2, 0) is 14.9 Å². The van der Waals surface area contributed by atoms with Gasteiger partial charge in [0.05, 0.1) is 6.10 Å². The molecule has 0 aromatic carbocycles. The molecule has 0 radical (unpaired) electrons. The van der Waals surface area contributed by atoms with E-state index in [0.29, 0.717) is 19.6 Å². The normalized spacial score (nSPS) is 30.5. The van der Waals surface area contributed by atoms with E-state index in [1.807, 2.05) is 7.05 Å².